The zero-order valence-corrected chi connectivity index (χ0v) is 12.1. The highest BCUT2D eigenvalue weighted by Gasteiger charge is 2.15. The van der Waals surface area contributed by atoms with Crippen LogP contribution in [0.15, 0.2) is 0 Å². The predicted molar refractivity (Wildman–Crippen MR) is 77.9 cm³/mol. The summed E-state index contributed by atoms with van der Waals surface area (Å²) < 4.78 is 0. The van der Waals surface area contributed by atoms with Crippen LogP contribution in [-0.4, -0.2) is 50.7 Å². The number of hydrogen-bond donors (Lipinski definition) is 2. The fraction of sp³-hybridized carbons (Fsp3) is 1.00. The largest absolute Gasteiger partial charge is 0.316 e. The van der Waals surface area contributed by atoms with Crippen LogP contribution in [0.2, 0.25) is 0 Å². The average molecular weight is 253 g/mol. The highest BCUT2D eigenvalue weighted by Crippen LogP contribution is 2.11. The second-order valence-corrected chi connectivity index (χ2v) is 6.34. The molecule has 2 unspecified atom stereocenters. The molecule has 2 rings (SSSR count). The van der Waals surface area contributed by atoms with Crippen LogP contribution >= 0.6 is 0 Å². The highest BCUT2D eigenvalue weighted by molar-refractivity contribution is 4.73. The Balaban J connectivity index is 1.52. The van der Waals surface area contributed by atoms with Gasteiger partial charge in [-0.15, -0.1) is 0 Å². The molecule has 0 saturated carbocycles. The Hall–Kier alpha value is -0.120. The molecule has 3 heteroatoms. The molecule has 2 saturated heterocycles. The van der Waals surface area contributed by atoms with Gasteiger partial charge in [-0.3, -0.25) is 0 Å². The lowest BCUT2D eigenvalue weighted by atomic mass is 9.99. The van der Waals surface area contributed by atoms with Crippen molar-refractivity contribution in [2.75, 3.05) is 45.8 Å². The van der Waals surface area contributed by atoms with Gasteiger partial charge in [0.15, 0.2) is 0 Å². The topological polar surface area (TPSA) is 27.3 Å². The molecule has 0 spiro atoms. The second-order valence-electron chi connectivity index (χ2n) is 6.34. The van der Waals surface area contributed by atoms with Crippen molar-refractivity contribution in [2.45, 2.75) is 39.0 Å². The van der Waals surface area contributed by atoms with Crippen molar-refractivity contribution in [3.63, 3.8) is 0 Å². The molecule has 0 aromatic heterocycles. The third-order valence-corrected chi connectivity index (χ3v) is 4.34. The fourth-order valence-electron chi connectivity index (χ4n) is 3.28. The maximum absolute atomic E-state index is 3.68. The monoisotopic (exact) mass is 253 g/mol. The van der Waals surface area contributed by atoms with Crippen LogP contribution in [0, 0.1) is 11.8 Å². The summed E-state index contributed by atoms with van der Waals surface area (Å²) in [6.07, 6.45) is 7.02. The van der Waals surface area contributed by atoms with E-state index in [0.717, 1.165) is 11.8 Å². The van der Waals surface area contributed by atoms with Gasteiger partial charge in [-0.05, 0) is 76.8 Å². The van der Waals surface area contributed by atoms with Gasteiger partial charge in [0, 0.05) is 6.54 Å². The summed E-state index contributed by atoms with van der Waals surface area (Å²) in [4.78, 5) is 2.65. The lowest BCUT2D eigenvalue weighted by molar-refractivity contribution is 0.197. The third kappa shape index (κ3) is 5.25. The molecule has 18 heavy (non-hydrogen) atoms. The molecule has 2 heterocycles. The van der Waals surface area contributed by atoms with E-state index in [0.29, 0.717) is 0 Å². The summed E-state index contributed by atoms with van der Waals surface area (Å²) in [6.45, 7) is 11.2. The Morgan fingerprint density at radius 1 is 1.22 bits per heavy atom. The first-order chi connectivity index (χ1) is 8.84. The summed E-state index contributed by atoms with van der Waals surface area (Å²) in [6, 6.07) is 0. The van der Waals surface area contributed by atoms with Gasteiger partial charge in [0.2, 0.25) is 0 Å². The average Bonchev–Trinajstić information content (AvgIpc) is 2.41. The van der Waals surface area contributed by atoms with Crippen LogP contribution in [0.5, 0.6) is 0 Å². The quantitative estimate of drug-likeness (QED) is 0.754. The number of rotatable bonds is 6. The molecule has 0 radical (unpaired) electrons. The van der Waals surface area contributed by atoms with Gasteiger partial charge in [0.1, 0.15) is 0 Å². The van der Waals surface area contributed by atoms with Crippen LogP contribution in [-0.2, 0) is 0 Å². The Kier molecular flexibility index (Phi) is 6.46. The van der Waals surface area contributed by atoms with E-state index in [4.69, 9.17) is 0 Å². The Morgan fingerprint density at radius 2 is 2.06 bits per heavy atom. The van der Waals surface area contributed by atoms with Gasteiger partial charge in [-0.2, -0.15) is 0 Å². The zero-order chi connectivity index (χ0) is 12.6. The van der Waals surface area contributed by atoms with Gasteiger partial charge in [0.05, 0.1) is 0 Å². The highest BCUT2D eigenvalue weighted by atomic mass is 15.1. The van der Waals surface area contributed by atoms with Gasteiger partial charge < -0.3 is 15.5 Å². The summed E-state index contributed by atoms with van der Waals surface area (Å²) in [5.74, 6) is 1.65. The fourth-order valence-corrected chi connectivity index (χ4v) is 3.28. The maximum atomic E-state index is 3.68. The minimum Gasteiger partial charge on any atom is -0.316 e. The van der Waals surface area contributed by atoms with E-state index >= 15 is 0 Å². The SMILES string of the molecule is CC(CNCC1CCCNC1)CN1CCCCC1. The van der Waals surface area contributed by atoms with Crippen molar-refractivity contribution in [1.29, 1.82) is 0 Å². The molecule has 0 aromatic rings. The Morgan fingerprint density at radius 3 is 2.78 bits per heavy atom. The van der Waals surface area contributed by atoms with E-state index in [-0.39, 0.29) is 0 Å². The number of likely N-dealkylation sites (tertiary alicyclic amines) is 1. The zero-order valence-electron chi connectivity index (χ0n) is 12.1. The van der Waals surface area contributed by atoms with E-state index in [9.17, 15) is 0 Å². The second kappa shape index (κ2) is 8.13. The van der Waals surface area contributed by atoms with Crippen LogP contribution < -0.4 is 10.6 Å². The smallest absolute Gasteiger partial charge is 0.00191 e. The van der Waals surface area contributed by atoms with Crippen LogP contribution in [0.1, 0.15) is 39.0 Å². The molecule has 0 aliphatic carbocycles. The van der Waals surface area contributed by atoms with Crippen molar-refractivity contribution < 1.29 is 0 Å². The normalized spacial score (nSPS) is 28.2. The van der Waals surface area contributed by atoms with Gasteiger partial charge in [0.25, 0.3) is 0 Å². The molecule has 106 valence electrons. The molecule has 2 aliphatic rings. The lowest BCUT2D eigenvalue weighted by Crippen LogP contribution is -2.40. The van der Waals surface area contributed by atoms with E-state index in [1.165, 1.54) is 77.9 Å². The maximum Gasteiger partial charge on any atom is 0.00191 e. The molecule has 3 nitrogen and oxygen atoms in total. The standard InChI is InChI=1S/C15H31N3/c1-14(13-18-8-3-2-4-9-18)10-17-12-15-6-5-7-16-11-15/h14-17H,2-13H2,1H3. The third-order valence-electron chi connectivity index (χ3n) is 4.34. The number of piperidine rings is 2. The van der Waals surface area contributed by atoms with Gasteiger partial charge in [-0.25, -0.2) is 0 Å². The van der Waals surface area contributed by atoms with Crippen molar-refractivity contribution in [2.24, 2.45) is 11.8 Å². The summed E-state index contributed by atoms with van der Waals surface area (Å²) in [5, 5.41) is 7.17. The molecule has 0 bridgehead atoms. The molecule has 0 amide bonds. The molecule has 2 atom stereocenters. The van der Waals surface area contributed by atoms with Gasteiger partial charge >= 0.3 is 0 Å². The predicted octanol–water partition coefficient (Wildman–Crippen LogP) is 1.70. The van der Waals surface area contributed by atoms with Crippen molar-refractivity contribution in [3.05, 3.63) is 0 Å². The first-order valence-electron chi connectivity index (χ1n) is 7.98. The van der Waals surface area contributed by atoms with E-state index in [2.05, 4.69) is 22.5 Å². The summed E-state index contributed by atoms with van der Waals surface area (Å²) in [5.41, 5.74) is 0. The number of nitrogens with one attached hydrogen (secondary N) is 2. The lowest BCUT2D eigenvalue weighted by Gasteiger charge is -2.29. The van der Waals surface area contributed by atoms with Crippen LogP contribution in [0.4, 0.5) is 0 Å². The summed E-state index contributed by atoms with van der Waals surface area (Å²) in [7, 11) is 0. The van der Waals surface area contributed by atoms with E-state index < -0.39 is 0 Å². The Bertz CT molecular complexity index is 208. The molecule has 2 fully saturated rings. The molecule has 0 aromatic carbocycles. The van der Waals surface area contributed by atoms with Crippen molar-refractivity contribution >= 4 is 0 Å². The first kappa shape index (κ1) is 14.3. The van der Waals surface area contributed by atoms with E-state index in [1.54, 1.807) is 0 Å². The molecular formula is C15H31N3. The minimum atomic E-state index is 0.791. The van der Waals surface area contributed by atoms with Crippen molar-refractivity contribution in [1.82, 2.24) is 15.5 Å². The van der Waals surface area contributed by atoms with Crippen LogP contribution in [0.3, 0.4) is 0 Å². The molecule has 2 N–H and O–H groups in total. The number of nitrogens with zero attached hydrogens (tertiary/aromatic N) is 1. The molecular weight excluding hydrogens is 222 g/mol. The molecule has 2 aliphatic heterocycles. The first-order valence-corrected chi connectivity index (χ1v) is 7.98. The van der Waals surface area contributed by atoms with E-state index in [1.807, 2.05) is 0 Å². The summed E-state index contributed by atoms with van der Waals surface area (Å²) >= 11 is 0. The van der Waals surface area contributed by atoms with Gasteiger partial charge in [-0.1, -0.05) is 13.3 Å². The minimum absolute atomic E-state index is 0.791. The van der Waals surface area contributed by atoms with Crippen LogP contribution in [0.25, 0.3) is 0 Å². The van der Waals surface area contributed by atoms with Crippen molar-refractivity contribution in [3.8, 4) is 0 Å². The number of hydrogen-bond acceptors (Lipinski definition) is 3. The Labute approximate surface area is 113 Å².